The van der Waals surface area contributed by atoms with Crippen LogP contribution in [0.2, 0.25) is 0 Å². The summed E-state index contributed by atoms with van der Waals surface area (Å²) in [5, 5.41) is 0. The Labute approximate surface area is 75.7 Å². The summed E-state index contributed by atoms with van der Waals surface area (Å²) in [4.78, 5) is 0. The Morgan fingerprint density at radius 3 is 2.67 bits per heavy atom. The molecule has 0 heterocycles. The fourth-order valence-electron chi connectivity index (χ4n) is 2.12. The van der Waals surface area contributed by atoms with Gasteiger partial charge in [0.2, 0.25) is 0 Å². The van der Waals surface area contributed by atoms with E-state index >= 15 is 0 Å². The van der Waals surface area contributed by atoms with Crippen molar-refractivity contribution < 1.29 is 0 Å². The molecule has 0 aliphatic heterocycles. The van der Waals surface area contributed by atoms with Crippen molar-refractivity contribution in [1.82, 2.24) is 0 Å². The topological polar surface area (TPSA) is 52.0 Å². The van der Waals surface area contributed by atoms with E-state index in [0.29, 0.717) is 18.0 Å². The summed E-state index contributed by atoms with van der Waals surface area (Å²) in [5.74, 6) is 0.702. The molecule has 0 aromatic rings. The fourth-order valence-corrected chi connectivity index (χ4v) is 2.12. The highest BCUT2D eigenvalue weighted by Crippen LogP contribution is 2.26. The lowest BCUT2D eigenvalue weighted by molar-refractivity contribution is 0.261. The first kappa shape index (κ1) is 10.0. The van der Waals surface area contributed by atoms with Crippen molar-refractivity contribution in [2.24, 2.45) is 17.4 Å². The molecule has 2 nitrogen and oxygen atoms in total. The van der Waals surface area contributed by atoms with Crippen LogP contribution in [-0.4, -0.2) is 12.1 Å². The Kier molecular flexibility index (Phi) is 4.02. The predicted molar refractivity (Wildman–Crippen MR) is 52.8 cm³/mol. The highest BCUT2D eigenvalue weighted by Gasteiger charge is 2.25. The van der Waals surface area contributed by atoms with Gasteiger partial charge in [-0.05, 0) is 31.6 Å². The molecular weight excluding hydrogens is 148 g/mol. The van der Waals surface area contributed by atoms with E-state index in [-0.39, 0.29) is 0 Å². The van der Waals surface area contributed by atoms with Crippen LogP contribution in [0.4, 0.5) is 0 Å². The van der Waals surface area contributed by atoms with Gasteiger partial charge in [-0.25, -0.2) is 0 Å². The van der Waals surface area contributed by atoms with Crippen LogP contribution in [-0.2, 0) is 0 Å². The van der Waals surface area contributed by atoms with Gasteiger partial charge in [-0.15, -0.1) is 0 Å². The third kappa shape index (κ3) is 2.76. The molecule has 12 heavy (non-hydrogen) atoms. The predicted octanol–water partition coefficient (Wildman–Crippen LogP) is 1.63. The van der Waals surface area contributed by atoms with Gasteiger partial charge >= 0.3 is 0 Å². The van der Waals surface area contributed by atoms with Crippen molar-refractivity contribution in [2.75, 3.05) is 0 Å². The Bertz CT molecular complexity index is 125. The molecule has 3 atom stereocenters. The van der Waals surface area contributed by atoms with Gasteiger partial charge < -0.3 is 11.5 Å². The van der Waals surface area contributed by atoms with Gasteiger partial charge in [-0.1, -0.05) is 19.8 Å². The largest absolute Gasteiger partial charge is 0.328 e. The lowest BCUT2D eigenvalue weighted by Crippen LogP contribution is -2.41. The first-order valence-corrected chi connectivity index (χ1v) is 5.25. The zero-order valence-corrected chi connectivity index (χ0v) is 8.13. The molecule has 0 saturated heterocycles. The summed E-state index contributed by atoms with van der Waals surface area (Å²) in [6.45, 7) is 2.23. The van der Waals surface area contributed by atoms with E-state index in [0.717, 1.165) is 19.3 Å². The summed E-state index contributed by atoms with van der Waals surface area (Å²) < 4.78 is 0. The average Bonchev–Trinajstić information content (AvgIpc) is 2.07. The van der Waals surface area contributed by atoms with Crippen molar-refractivity contribution in [3.63, 3.8) is 0 Å². The van der Waals surface area contributed by atoms with E-state index in [9.17, 15) is 0 Å². The van der Waals surface area contributed by atoms with E-state index in [4.69, 9.17) is 11.5 Å². The number of nitrogens with two attached hydrogens (primary N) is 2. The number of hydrogen-bond acceptors (Lipinski definition) is 2. The van der Waals surface area contributed by atoms with Crippen LogP contribution < -0.4 is 11.5 Å². The lowest BCUT2D eigenvalue weighted by atomic mass is 9.80. The highest BCUT2D eigenvalue weighted by atomic mass is 14.7. The maximum absolute atomic E-state index is 6.03. The van der Waals surface area contributed by atoms with Gasteiger partial charge in [0.05, 0.1) is 0 Å². The van der Waals surface area contributed by atoms with Crippen molar-refractivity contribution >= 4 is 0 Å². The average molecular weight is 170 g/mol. The van der Waals surface area contributed by atoms with Gasteiger partial charge in [0.15, 0.2) is 0 Å². The standard InChI is InChI=1S/C10H22N2/c1-2-3-4-8-7-9(11)5-6-10(8)12/h8-10H,2-7,11-12H2,1H3. The summed E-state index contributed by atoms with van der Waals surface area (Å²) in [6.07, 6.45) is 7.29. The molecular formula is C10H22N2. The first-order chi connectivity index (χ1) is 5.74. The minimum atomic E-state index is 0.423. The van der Waals surface area contributed by atoms with Gasteiger partial charge in [-0.2, -0.15) is 0 Å². The zero-order chi connectivity index (χ0) is 8.97. The molecule has 2 heteroatoms. The fraction of sp³-hybridized carbons (Fsp3) is 1.00. The van der Waals surface area contributed by atoms with E-state index < -0.39 is 0 Å². The molecule has 0 amide bonds. The quantitative estimate of drug-likeness (QED) is 0.676. The Morgan fingerprint density at radius 2 is 2.00 bits per heavy atom. The maximum atomic E-state index is 6.03. The lowest BCUT2D eigenvalue weighted by Gasteiger charge is -2.32. The van der Waals surface area contributed by atoms with Crippen LogP contribution in [0.1, 0.15) is 45.4 Å². The van der Waals surface area contributed by atoms with Gasteiger partial charge in [0.1, 0.15) is 0 Å². The molecule has 1 saturated carbocycles. The molecule has 3 unspecified atom stereocenters. The van der Waals surface area contributed by atoms with Crippen LogP contribution in [0.3, 0.4) is 0 Å². The second kappa shape index (κ2) is 4.83. The van der Waals surface area contributed by atoms with Crippen LogP contribution in [0, 0.1) is 5.92 Å². The minimum Gasteiger partial charge on any atom is -0.328 e. The number of hydrogen-bond donors (Lipinski definition) is 2. The molecule has 72 valence electrons. The Morgan fingerprint density at radius 1 is 1.25 bits per heavy atom. The molecule has 1 aliphatic carbocycles. The number of unbranched alkanes of at least 4 members (excludes halogenated alkanes) is 1. The molecule has 1 fully saturated rings. The maximum Gasteiger partial charge on any atom is 0.00683 e. The summed E-state index contributed by atoms with van der Waals surface area (Å²) >= 11 is 0. The molecule has 4 N–H and O–H groups in total. The molecule has 0 aromatic heterocycles. The van der Waals surface area contributed by atoms with Gasteiger partial charge in [0, 0.05) is 12.1 Å². The third-order valence-electron chi connectivity index (χ3n) is 3.01. The molecule has 1 rings (SSSR count). The monoisotopic (exact) mass is 170 g/mol. The van der Waals surface area contributed by atoms with Gasteiger partial charge in [-0.3, -0.25) is 0 Å². The SMILES string of the molecule is CCCCC1CC(N)CCC1N. The first-order valence-electron chi connectivity index (χ1n) is 5.25. The molecule has 0 aromatic carbocycles. The van der Waals surface area contributed by atoms with Crippen molar-refractivity contribution in [2.45, 2.75) is 57.5 Å². The summed E-state index contributed by atoms with van der Waals surface area (Å²) in [7, 11) is 0. The zero-order valence-electron chi connectivity index (χ0n) is 8.13. The van der Waals surface area contributed by atoms with Crippen molar-refractivity contribution in [3.05, 3.63) is 0 Å². The van der Waals surface area contributed by atoms with Crippen LogP contribution in [0.25, 0.3) is 0 Å². The smallest absolute Gasteiger partial charge is 0.00683 e. The Balaban J connectivity index is 2.28. The van der Waals surface area contributed by atoms with Gasteiger partial charge in [0.25, 0.3) is 0 Å². The number of rotatable bonds is 3. The molecule has 1 aliphatic rings. The van der Waals surface area contributed by atoms with Crippen molar-refractivity contribution in [1.29, 1.82) is 0 Å². The third-order valence-corrected chi connectivity index (χ3v) is 3.01. The molecule has 0 bridgehead atoms. The van der Waals surface area contributed by atoms with Crippen molar-refractivity contribution in [3.8, 4) is 0 Å². The molecule has 0 spiro atoms. The van der Waals surface area contributed by atoms with E-state index in [1.54, 1.807) is 0 Å². The normalized spacial score (nSPS) is 36.8. The van der Waals surface area contributed by atoms with Crippen LogP contribution >= 0.6 is 0 Å². The molecule has 0 radical (unpaired) electrons. The second-order valence-corrected chi connectivity index (χ2v) is 4.14. The Hall–Kier alpha value is -0.0800. The van der Waals surface area contributed by atoms with Crippen LogP contribution in [0.5, 0.6) is 0 Å². The van der Waals surface area contributed by atoms with E-state index in [1.165, 1.54) is 19.3 Å². The highest BCUT2D eigenvalue weighted by molar-refractivity contribution is 4.83. The minimum absolute atomic E-state index is 0.423. The van der Waals surface area contributed by atoms with E-state index in [2.05, 4.69) is 6.92 Å². The summed E-state index contributed by atoms with van der Waals surface area (Å²) in [6, 6.07) is 0.850. The van der Waals surface area contributed by atoms with Crippen LogP contribution in [0.15, 0.2) is 0 Å². The second-order valence-electron chi connectivity index (χ2n) is 4.14. The summed E-state index contributed by atoms with van der Waals surface area (Å²) in [5.41, 5.74) is 11.9. The van der Waals surface area contributed by atoms with E-state index in [1.807, 2.05) is 0 Å².